The molecule has 0 spiro atoms. The molecule has 0 aliphatic carbocycles. The fraction of sp³-hybridized carbons (Fsp3) is 1.00. The molecule has 0 aromatic carbocycles. The van der Waals surface area contributed by atoms with Gasteiger partial charge in [-0.2, -0.15) is 0 Å². The van der Waals surface area contributed by atoms with E-state index in [1.165, 1.54) is 0 Å². The summed E-state index contributed by atoms with van der Waals surface area (Å²) in [5.41, 5.74) is 11.0. The number of aliphatic hydroxyl groups excluding tert-OH is 1. The van der Waals surface area contributed by atoms with E-state index in [1.54, 1.807) is 0 Å². The van der Waals surface area contributed by atoms with Crippen LogP contribution in [-0.4, -0.2) is 111 Å². The molecule has 0 aliphatic heterocycles. The normalized spacial score (nSPS) is 13.6. The first-order valence-electron chi connectivity index (χ1n) is 8.86. The Morgan fingerprint density at radius 1 is 0.960 bits per heavy atom. The number of ether oxygens (including phenoxy) is 1. The molecule has 0 radical (unpaired) electrons. The highest BCUT2D eigenvalue weighted by molar-refractivity contribution is 6.56. The Morgan fingerprint density at radius 3 is 2.24 bits per heavy atom. The third kappa shape index (κ3) is 18.4. The maximum absolute atomic E-state index is 10.0. The van der Waals surface area contributed by atoms with Gasteiger partial charge in [0.2, 0.25) is 0 Å². The Kier molecular flexibility index (Phi) is 15.9. The molecule has 11 heteroatoms. The first-order chi connectivity index (χ1) is 11.9. The summed E-state index contributed by atoms with van der Waals surface area (Å²) in [5, 5.41) is 16.5. The Hall–Kier alpha value is -0.183. The second-order valence-corrected chi connectivity index (χ2v) is 8.03. The summed E-state index contributed by atoms with van der Waals surface area (Å²) in [6.07, 6.45) is -0.297. The van der Waals surface area contributed by atoms with Gasteiger partial charge in [-0.05, 0) is 6.42 Å². The predicted octanol–water partition coefficient (Wildman–Crippen LogP) is -3.93. The predicted molar refractivity (Wildman–Crippen MR) is 98.9 cm³/mol. The lowest BCUT2D eigenvalue weighted by Gasteiger charge is -2.24. The molecule has 10 N–H and O–H groups in total. The van der Waals surface area contributed by atoms with Gasteiger partial charge in [-0.3, -0.25) is 4.90 Å². The van der Waals surface area contributed by atoms with Gasteiger partial charge in [0.15, 0.2) is 0 Å². The van der Waals surface area contributed by atoms with E-state index in [9.17, 15) is 5.11 Å². The van der Waals surface area contributed by atoms with Gasteiger partial charge in [0.25, 0.3) is 0 Å². The van der Waals surface area contributed by atoms with Crippen LogP contribution >= 0.6 is 0 Å². The van der Waals surface area contributed by atoms with Crippen molar-refractivity contribution in [3.63, 3.8) is 0 Å². The molecule has 0 heterocycles. The van der Waals surface area contributed by atoms with E-state index in [2.05, 4.69) is 15.5 Å². The van der Waals surface area contributed by atoms with Gasteiger partial charge < -0.3 is 46.3 Å². The van der Waals surface area contributed by atoms with Crippen LogP contribution in [0.1, 0.15) is 6.42 Å². The van der Waals surface area contributed by atoms with Crippen LogP contribution in [0, 0.1) is 0 Å². The van der Waals surface area contributed by atoms with Crippen LogP contribution in [-0.2, 0) is 4.74 Å². The number of nitrogens with two attached hydrogens (primary N) is 2. The lowest BCUT2D eigenvalue weighted by molar-refractivity contribution is 0.0168. The minimum atomic E-state index is -3.98. The molecule has 0 bridgehead atoms. The Labute approximate surface area is 151 Å². The lowest BCUT2D eigenvalue weighted by Crippen LogP contribution is -2.42. The van der Waals surface area contributed by atoms with Crippen molar-refractivity contribution >= 4 is 8.80 Å². The van der Waals surface area contributed by atoms with E-state index in [0.717, 1.165) is 32.7 Å². The first kappa shape index (κ1) is 24.8. The highest BCUT2D eigenvalue weighted by Gasteiger charge is 2.25. The Balaban J connectivity index is 3.74. The van der Waals surface area contributed by atoms with Gasteiger partial charge in [0.1, 0.15) is 0 Å². The molecule has 0 aliphatic rings. The summed E-state index contributed by atoms with van der Waals surface area (Å²) >= 11 is 0. The molecule has 1 atom stereocenters. The molecule has 0 fully saturated rings. The summed E-state index contributed by atoms with van der Waals surface area (Å²) in [7, 11) is -3.98. The van der Waals surface area contributed by atoms with Crippen LogP contribution in [0.25, 0.3) is 0 Å². The van der Waals surface area contributed by atoms with Crippen LogP contribution in [0.15, 0.2) is 0 Å². The van der Waals surface area contributed by atoms with Crippen molar-refractivity contribution in [2.45, 2.75) is 18.6 Å². The third-order valence-corrected chi connectivity index (χ3v) is 4.45. The minimum Gasteiger partial charge on any atom is -0.390 e. The molecule has 10 nitrogen and oxygen atoms in total. The van der Waals surface area contributed by atoms with Gasteiger partial charge >= 0.3 is 8.80 Å². The number of rotatable bonds is 18. The molecule has 0 amide bonds. The largest absolute Gasteiger partial charge is 0.492 e. The van der Waals surface area contributed by atoms with E-state index < -0.39 is 14.9 Å². The summed E-state index contributed by atoms with van der Waals surface area (Å²) in [6.45, 7) is 6.83. The molecule has 0 aromatic rings. The molecule has 0 saturated heterocycles. The third-order valence-electron chi connectivity index (χ3n) is 3.43. The molecule has 25 heavy (non-hydrogen) atoms. The van der Waals surface area contributed by atoms with Crippen molar-refractivity contribution in [1.29, 1.82) is 0 Å². The molecule has 1 unspecified atom stereocenters. The van der Waals surface area contributed by atoms with Gasteiger partial charge in [-0.25, -0.2) is 0 Å². The topological polar surface area (TPSA) is 169 Å². The van der Waals surface area contributed by atoms with Crippen molar-refractivity contribution in [2.75, 3.05) is 72.1 Å². The number of hydrogen-bond acceptors (Lipinski definition) is 10. The second kappa shape index (κ2) is 16.0. The Morgan fingerprint density at radius 2 is 1.64 bits per heavy atom. The lowest BCUT2D eigenvalue weighted by atomic mass is 10.3. The fourth-order valence-electron chi connectivity index (χ4n) is 2.22. The maximum atomic E-state index is 10.0. The van der Waals surface area contributed by atoms with E-state index in [-0.39, 0.29) is 19.3 Å². The highest BCUT2D eigenvalue weighted by Crippen LogP contribution is 2.02. The standard InChI is InChI=1S/C14H37N5O5Si/c15-2-4-17-5-6-18-7-9-19(8-3-16)12-14(20)13-24-10-1-11-25(21,22)23/h14,17-18,20-23H,1-13,15-16H2. The van der Waals surface area contributed by atoms with Gasteiger partial charge in [0.05, 0.1) is 12.7 Å². The molecular weight excluding hydrogens is 346 g/mol. The van der Waals surface area contributed by atoms with Gasteiger partial charge in [-0.15, -0.1) is 0 Å². The van der Waals surface area contributed by atoms with Crippen LogP contribution in [0.2, 0.25) is 6.04 Å². The summed E-state index contributed by atoms with van der Waals surface area (Å²) in [6, 6.07) is -0.0613. The van der Waals surface area contributed by atoms with Crippen LogP contribution in [0.3, 0.4) is 0 Å². The fourth-order valence-corrected chi connectivity index (χ4v) is 2.84. The van der Waals surface area contributed by atoms with Crippen molar-refractivity contribution in [2.24, 2.45) is 11.5 Å². The Bertz CT molecular complexity index is 299. The molecule has 0 aromatic heterocycles. The molecule has 152 valence electrons. The van der Waals surface area contributed by atoms with Crippen molar-refractivity contribution in [1.82, 2.24) is 15.5 Å². The van der Waals surface area contributed by atoms with E-state index in [4.69, 9.17) is 30.6 Å². The summed E-state index contributed by atoms with van der Waals surface area (Å²) in [4.78, 5) is 28.7. The molecular formula is C14H37N5O5Si. The van der Waals surface area contributed by atoms with E-state index in [0.29, 0.717) is 32.6 Å². The average molecular weight is 384 g/mol. The quantitative estimate of drug-likeness (QED) is 0.0863. The van der Waals surface area contributed by atoms with Gasteiger partial charge in [-0.1, -0.05) is 0 Å². The smallest absolute Gasteiger partial charge is 0.390 e. The van der Waals surface area contributed by atoms with Crippen molar-refractivity contribution in [3.05, 3.63) is 0 Å². The van der Waals surface area contributed by atoms with Crippen molar-refractivity contribution in [3.8, 4) is 0 Å². The second-order valence-electron chi connectivity index (χ2n) is 5.98. The van der Waals surface area contributed by atoms with Crippen LogP contribution in [0.5, 0.6) is 0 Å². The SMILES string of the molecule is NCCNCCNCCN(CCN)CC(O)COCCC[Si](O)(O)O. The zero-order chi connectivity index (χ0) is 19.0. The number of hydrogen-bond donors (Lipinski definition) is 8. The highest BCUT2D eigenvalue weighted by atomic mass is 28.4. The summed E-state index contributed by atoms with van der Waals surface area (Å²) < 4.78 is 5.30. The zero-order valence-corrected chi connectivity index (χ0v) is 16.1. The van der Waals surface area contributed by atoms with Crippen LogP contribution < -0.4 is 22.1 Å². The number of aliphatic hydroxyl groups is 1. The zero-order valence-electron chi connectivity index (χ0n) is 15.1. The first-order valence-corrected chi connectivity index (χ1v) is 10.9. The minimum absolute atomic E-state index is 0.0613. The summed E-state index contributed by atoms with van der Waals surface area (Å²) in [5.74, 6) is 0. The molecule has 0 saturated carbocycles. The van der Waals surface area contributed by atoms with E-state index in [1.807, 2.05) is 0 Å². The van der Waals surface area contributed by atoms with E-state index >= 15 is 0 Å². The maximum Gasteiger partial charge on any atom is 0.492 e. The average Bonchev–Trinajstić information content (AvgIpc) is 2.52. The van der Waals surface area contributed by atoms with Crippen LogP contribution in [0.4, 0.5) is 0 Å². The number of nitrogens with one attached hydrogen (secondary N) is 2. The van der Waals surface area contributed by atoms with Crippen molar-refractivity contribution < 1.29 is 24.2 Å². The molecule has 0 rings (SSSR count). The number of nitrogens with zero attached hydrogens (tertiary/aromatic N) is 1. The monoisotopic (exact) mass is 383 g/mol. The van der Waals surface area contributed by atoms with Gasteiger partial charge in [0, 0.05) is 71.6 Å².